The van der Waals surface area contributed by atoms with E-state index in [4.69, 9.17) is 38.2 Å². The second-order valence-electron chi connectivity index (χ2n) is 14.8. The molecule has 0 radical (unpaired) electrons. The maximum Gasteiger partial charge on any atom is 0.264 e. The molecule has 0 spiro atoms. The summed E-state index contributed by atoms with van der Waals surface area (Å²) in [5.41, 5.74) is 0.708. The van der Waals surface area contributed by atoms with E-state index in [-0.39, 0.29) is 49.7 Å². The average molecular weight is 822 g/mol. The van der Waals surface area contributed by atoms with Crippen LogP contribution in [0.1, 0.15) is 38.8 Å². The van der Waals surface area contributed by atoms with Gasteiger partial charge in [-0.1, -0.05) is 103 Å². The highest BCUT2D eigenvalue weighted by Gasteiger charge is 2.54. The zero-order valence-electron chi connectivity index (χ0n) is 32.8. The van der Waals surface area contributed by atoms with Crippen molar-refractivity contribution in [2.45, 2.75) is 81.9 Å². The fourth-order valence-electron chi connectivity index (χ4n) is 8.28. The van der Waals surface area contributed by atoms with Gasteiger partial charge < -0.3 is 28.0 Å². The van der Waals surface area contributed by atoms with Crippen LogP contribution >= 0.6 is 8.53 Å². The number of hydrogen-bond acceptors (Lipinski definition) is 12. The van der Waals surface area contributed by atoms with E-state index < -0.39 is 40.9 Å². The number of methoxy groups -OCH3 is 1. The van der Waals surface area contributed by atoms with Gasteiger partial charge in [0, 0.05) is 19.7 Å². The van der Waals surface area contributed by atoms with Crippen LogP contribution in [0.25, 0.3) is 11.2 Å². The summed E-state index contributed by atoms with van der Waals surface area (Å²) in [5.74, 6) is 0.209. The summed E-state index contributed by atoms with van der Waals surface area (Å²) in [6.07, 6.45) is 2.55. The molecule has 1 unspecified atom stereocenters. The van der Waals surface area contributed by atoms with Crippen LogP contribution in [0.4, 0.5) is 5.95 Å². The number of carbonyl (C=O) groups excluding carboxylic acids is 1. The Hall–Kier alpha value is -4.78. The molecule has 3 aliphatic rings. The number of rotatable bonds is 16. The molecular weight excluding hydrogens is 774 g/mol. The van der Waals surface area contributed by atoms with Gasteiger partial charge in [-0.2, -0.15) is 15.2 Å². The van der Waals surface area contributed by atoms with Gasteiger partial charge in [-0.05, 0) is 37.4 Å². The Labute approximate surface area is 340 Å². The van der Waals surface area contributed by atoms with Gasteiger partial charge >= 0.3 is 0 Å². The van der Waals surface area contributed by atoms with Gasteiger partial charge in [-0.15, -0.1) is 0 Å². The lowest BCUT2D eigenvalue weighted by atomic mass is 10.1. The number of nitrogens with zero attached hydrogens (tertiary/aromatic N) is 6. The fourth-order valence-corrected chi connectivity index (χ4v) is 14.3. The Morgan fingerprint density at radius 2 is 1.69 bits per heavy atom. The number of ether oxygens (including phenoxy) is 4. The minimum absolute atomic E-state index is 0.00911. The van der Waals surface area contributed by atoms with Crippen LogP contribution in [0, 0.1) is 11.3 Å². The van der Waals surface area contributed by atoms with Crippen LogP contribution in [0.5, 0.6) is 11.6 Å². The molecule has 3 aliphatic heterocycles. The van der Waals surface area contributed by atoms with Crippen molar-refractivity contribution in [3.63, 3.8) is 0 Å². The van der Waals surface area contributed by atoms with Crippen LogP contribution in [-0.4, -0.2) is 95.5 Å². The first-order valence-electron chi connectivity index (χ1n) is 19.8. The monoisotopic (exact) mass is 821 g/mol. The van der Waals surface area contributed by atoms with Gasteiger partial charge in [0.25, 0.3) is 14.4 Å². The highest BCUT2D eigenvalue weighted by atomic mass is 31.2. The van der Waals surface area contributed by atoms with Crippen molar-refractivity contribution in [2.24, 2.45) is 0 Å². The summed E-state index contributed by atoms with van der Waals surface area (Å²) in [6, 6.07) is 34.1. The van der Waals surface area contributed by atoms with Crippen molar-refractivity contribution in [3.8, 4) is 17.7 Å². The minimum atomic E-state index is -2.19. The maximum absolute atomic E-state index is 13.0. The molecule has 3 fully saturated rings. The van der Waals surface area contributed by atoms with Gasteiger partial charge in [-0.25, -0.2) is 9.65 Å². The molecule has 0 saturated carbocycles. The molecule has 5 aromatic rings. The first-order chi connectivity index (χ1) is 28.4. The summed E-state index contributed by atoms with van der Waals surface area (Å²) >= 11 is 0. The largest absolute Gasteiger partial charge is 0.484 e. The van der Waals surface area contributed by atoms with Gasteiger partial charge in [0.05, 0.1) is 31.0 Å². The predicted octanol–water partition coefficient (Wildman–Crippen LogP) is 5.83. The summed E-state index contributed by atoms with van der Waals surface area (Å²) < 4.78 is 42.8. The van der Waals surface area contributed by atoms with Crippen molar-refractivity contribution >= 4 is 50.0 Å². The topological polar surface area (TPSA) is 155 Å². The van der Waals surface area contributed by atoms with Gasteiger partial charge in [-0.3, -0.25) is 14.7 Å². The molecule has 8 rings (SSSR count). The van der Waals surface area contributed by atoms with Crippen LogP contribution < -0.4 is 25.2 Å². The van der Waals surface area contributed by atoms with E-state index in [0.29, 0.717) is 23.3 Å². The summed E-state index contributed by atoms with van der Waals surface area (Å²) in [7, 11) is -1.95. The highest BCUT2D eigenvalue weighted by Crippen LogP contribution is 2.59. The lowest BCUT2D eigenvalue weighted by Gasteiger charge is -2.32. The lowest BCUT2D eigenvalue weighted by molar-refractivity contribution is -0.118. The van der Waals surface area contributed by atoms with Crippen molar-refractivity contribution in [3.05, 3.63) is 97.3 Å². The number of hydrogen-bond donors (Lipinski definition) is 1. The van der Waals surface area contributed by atoms with Crippen LogP contribution in [0.3, 0.4) is 0 Å². The molecule has 302 valence electrons. The number of fused-ring (bicyclic) bond motifs is 2. The van der Waals surface area contributed by atoms with E-state index in [2.05, 4.69) is 100 Å². The van der Waals surface area contributed by atoms with Crippen LogP contribution in [-0.2, 0) is 23.3 Å². The summed E-state index contributed by atoms with van der Waals surface area (Å²) in [4.78, 5) is 26.8. The summed E-state index contributed by atoms with van der Waals surface area (Å²) in [5, 5.41) is 14.7. The van der Waals surface area contributed by atoms with Gasteiger partial charge in [0.1, 0.15) is 32.6 Å². The number of carbonyl (C=O) groups is 1. The predicted molar refractivity (Wildman–Crippen MR) is 222 cm³/mol. The second-order valence-corrected chi connectivity index (χ2v) is 20.5. The molecule has 16 heteroatoms. The number of nitriles is 1. The maximum atomic E-state index is 13.0. The molecular formula is C42H48N7O7PSi. The normalized spacial score (nSPS) is 24.4. The number of benzene rings is 3. The highest BCUT2D eigenvalue weighted by molar-refractivity contribution is 7.45. The number of imidazole rings is 1. The first kappa shape index (κ1) is 40.0. The van der Waals surface area contributed by atoms with Crippen LogP contribution in [0.15, 0.2) is 97.3 Å². The Balaban J connectivity index is 1.04. The number of nitrogens with one attached hydrogen (secondary N) is 1. The van der Waals surface area contributed by atoms with E-state index in [0.717, 1.165) is 25.4 Å². The molecule has 14 nitrogen and oxygen atoms in total. The molecule has 3 aromatic carbocycles. The van der Waals surface area contributed by atoms with Gasteiger partial charge in [0.15, 0.2) is 24.0 Å². The van der Waals surface area contributed by atoms with E-state index >= 15 is 0 Å². The Morgan fingerprint density at radius 3 is 2.36 bits per heavy atom. The Bertz CT molecular complexity index is 2160. The number of amides is 1. The molecule has 58 heavy (non-hydrogen) atoms. The SMILES string of the molecule is CC[C@H]1O[C@@H](n2cnc3c(OCCC#N)nc(NC(=O)COc4ccccc4)nc32)[C@@H](OC)C1O[P@]1O[C@H](C[Si](C)(c2ccccc2)c2ccccc2)[C@@H]2CCCN21. The van der Waals surface area contributed by atoms with E-state index in [1.54, 1.807) is 30.1 Å². The second kappa shape index (κ2) is 18.0. The third kappa shape index (κ3) is 8.24. The molecule has 0 aliphatic carbocycles. The smallest absolute Gasteiger partial charge is 0.264 e. The number of para-hydroxylation sites is 1. The lowest BCUT2D eigenvalue weighted by Crippen LogP contribution is -2.58. The zero-order valence-corrected chi connectivity index (χ0v) is 34.7. The van der Waals surface area contributed by atoms with Crippen molar-refractivity contribution < 1.29 is 32.8 Å². The molecule has 1 amide bonds. The van der Waals surface area contributed by atoms with E-state index in [9.17, 15) is 4.79 Å². The van der Waals surface area contributed by atoms with Crippen molar-refractivity contribution in [2.75, 3.05) is 32.2 Å². The fraction of sp³-hybridized carbons (Fsp3) is 0.405. The first-order valence-corrected chi connectivity index (χ1v) is 23.7. The molecule has 7 atom stereocenters. The third-order valence-electron chi connectivity index (χ3n) is 11.2. The standard InChI is InChI=1S/C42H48N7O7PSi/c1-4-33-37(56-57-49-24-14-22-32(49)34(55-57)27-58(3,30-18-10-6-11-19-30)31-20-12-7-13-21-31)38(51-2)41(54-33)48-28-44-36-39(48)46-42(47-40(36)52-25-15-23-43)45-35(50)26-53-29-16-8-5-9-17-29/h5-13,16-21,28,32-34,37-38,41H,4,14-15,22,24-27H2,1-3H3,(H,45,46,47,50)/t32-,33+,34+,37?,38-,41+,57-/m0/s1. The summed E-state index contributed by atoms with van der Waals surface area (Å²) in [6.45, 7) is 5.26. The Morgan fingerprint density at radius 1 is 0.983 bits per heavy atom. The van der Waals surface area contributed by atoms with Crippen molar-refractivity contribution in [1.82, 2.24) is 24.2 Å². The average Bonchev–Trinajstić information content (AvgIpc) is 4.05. The zero-order chi connectivity index (χ0) is 40.1. The van der Waals surface area contributed by atoms with E-state index in [1.807, 2.05) is 18.2 Å². The van der Waals surface area contributed by atoms with Crippen LogP contribution in [0.2, 0.25) is 12.6 Å². The van der Waals surface area contributed by atoms with E-state index in [1.165, 1.54) is 10.4 Å². The molecule has 3 saturated heterocycles. The molecule has 1 N–H and O–H groups in total. The molecule has 0 bridgehead atoms. The Kier molecular flexibility index (Phi) is 12.4. The quantitative estimate of drug-likeness (QED) is 0.0724. The molecule has 2 aromatic heterocycles. The minimum Gasteiger partial charge on any atom is -0.484 e. The van der Waals surface area contributed by atoms with Crippen molar-refractivity contribution in [1.29, 1.82) is 5.26 Å². The van der Waals surface area contributed by atoms with Gasteiger partial charge in [0.2, 0.25) is 11.8 Å². The third-order valence-corrected chi connectivity index (χ3v) is 17.4. The number of aromatic nitrogens is 4. The molecule has 5 heterocycles. The number of anilines is 1.